The van der Waals surface area contributed by atoms with E-state index < -0.39 is 10.0 Å². The quantitative estimate of drug-likeness (QED) is 0.482. The first kappa shape index (κ1) is 23.9. The van der Waals surface area contributed by atoms with Gasteiger partial charge in [0, 0.05) is 24.5 Å². The minimum Gasteiger partial charge on any atom is -0.497 e. The third-order valence-corrected chi connectivity index (χ3v) is 6.13. The maximum absolute atomic E-state index is 12.6. The number of anilines is 2. The van der Waals surface area contributed by atoms with Crippen molar-refractivity contribution in [3.05, 3.63) is 72.8 Å². The molecule has 0 aliphatic carbocycles. The van der Waals surface area contributed by atoms with Crippen molar-refractivity contribution in [2.24, 2.45) is 0 Å². The van der Waals surface area contributed by atoms with Gasteiger partial charge in [-0.3, -0.25) is 9.52 Å². The van der Waals surface area contributed by atoms with Crippen LogP contribution >= 0.6 is 0 Å². The third-order valence-electron chi connectivity index (χ3n) is 4.73. The van der Waals surface area contributed by atoms with E-state index in [1.165, 1.54) is 29.2 Å². The number of hydrogen-bond donors (Lipinski definition) is 1. The van der Waals surface area contributed by atoms with Crippen LogP contribution in [0.1, 0.15) is 6.92 Å². The van der Waals surface area contributed by atoms with E-state index >= 15 is 0 Å². The first-order chi connectivity index (χ1) is 15.8. The summed E-state index contributed by atoms with van der Waals surface area (Å²) in [6.45, 7) is 2.20. The number of nitrogens with zero attached hydrogens (tertiary/aromatic N) is 1. The molecule has 3 rings (SSSR count). The van der Waals surface area contributed by atoms with Crippen LogP contribution < -0.4 is 23.8 Å². The zero-order chi connectivity index (χ0) is 23.8. The summed E-state index contributed by atoms with van der Waals surface area (Å²) >= 11 is 0. The summed E-state index contributed by atoms with van der Waals surface area (Å²) in [4.78, 5) is 14.0. The lowest BCUT2D eigenvalue weighted by Crippen LogP contribution is -2.31. The molecular formula is C24H26N2O6S. The van der Waals surface area contributed by atoms with Gasteiger partial charge in [-0.1, -0.05) is 6.07 Å². The lowest BCUT2D eigenvalue weighted by molar-refractivity contribution is -0.120. The van der Waals surface area contributed by atoms with Crippen molar-refractivity contribution in [3.63, 3.8) is 0 Å². The summed E-state index contributed by atoms with van der Waals surface area (Å²) < 4.78 is 43.9. The van der Waals surface area contributed by atoms with E-state index in [-0.39, 0.29) is 17.4 Å². The van der Waals surface area contributed by atoms with Gasteiger partial charge in [0.15, 0.2) is 6.61 Å². The molecule has 174 valence electrons. The van der Waals surface area contributed by atoms with Crippen molar-refractivity contribution >= 4 is 27.3 Å². The van der Waals surface area contributed by atoms with Crippen LogP contribution in [0.3, 0.4) is 0 Å². The molecule has 0 heterocycles. The minimum atomic E-state index is -3.78. The second kappa shape index (κ2) is 10.7. The fourth-order valence-corrected chi connectivity index (χ4v) is 3.98. The summed E-state index contributed by atoms with van der Waals surface area (Å²) in [7, 11) is -0.577. The van der Waals surface area contributed by atoms with Gasteiger partial charge in [-0.15, -0.1) is 0 Å². The average Bonchev–Trinajstić information content (AvgIpc) is 2.83. The minimum absolute atomic E-state index is 0.0727. The molecule has 0 aliphatic heterocycles. The Bertz CT molecular complexity index is 1180. The highest BCUT2D eigenvalue weighted by Gasteiger charge is 2.16. The molecule has 1 amide bonds. The van der Waals surface area contributed by atoms with Gasteiger partial charge in [0.25, 0.3) is 15.9 Å². The molecule has 0 bridgehead atoms. The Morgan fingerprint density at radius 2 is 1.55 bits per heavy atom. The van der Waals surface area contributed by atoms with Crippen LogP contribution in [-0.4, -0.2) is 41.7 Å². The zero-order valence-electron chi connectivity index (χ0n) is 18.6. The van der Waals surface area contributed by atoms with Gasteiger partial charge in [-0.05, 0) is 67.6 Å². The van der Waals surface area contributed by atoms with Crippen molar-refractivity contribution < 1.29 is 27.4 Å². The highest BCUT2D eigenvalue weighted by Crippen LogP contribution is 2.22. The topological polar surface area (TPSA) is 94.2 Å². The number of carbonyl (C=O) groups excluding carboxylic acids is 1. The molecule has 3 aromatic rings. The molecule has 33 heavy (non-hydrogen) atoms. The largest absolute Gasteiger partial charge is 0.497 e. The molecule has 0 aromatic heterocycles. The number of ether oxygens (including phenoxy) is 3. The SMILES string of the molecule is CCOc1ccc(NS(=O)(=O)c2ccc(OCC(=O)N(C)c3cccc(OC)c3)cc2)cc1. The molecule has 0 fully saturated rings. The van der Waals surface area contributed by atoms with Crippen LogP contribution in [0.4, 0.5) is 11.4 Å². The van der Waals surface area contributed by atoms with E-state index in [1.807, 2.05) is 6.92 Å². The smallest absolute Gasteiger partial charge is 0.264 e. The summed E-state index contributed by atoms with van der Waals surface area (Å²) in [5.41, 5.74) is 1.09. The molecule has 9 heteroatoms. The number of sulfonamides is 1. The van der Waals surface area contributed by atoms with Gasteiger partial charge in [-0.25, -0.2) is 8.42 Å². The molecular weight excluding hydrogens is 444 g/mol. The Morgan fingerprint density at radius 3 is 2.18 bits per heavy atom. The van der Waals surface area contributed by atoms with Crippen LogP contribution in [0.15, 0.2) is 77.7 Å². The number of amides is 1. The second-order valence-electron chi connectivity index (χ2n) is 6.98. The molecule has 3 aromatic carbocycles. The van der Waals surface area contributed by atoms with Crippen molar-refractivity contribution in [3.8, 4) is 17.2 Å². The van der Waals surface area contributed by atoms with Crippen LogP contribution in [0.25, 0.3) is 0 Å². The van der Waals surface area contributed by atoms with Crippen molar-refractivity contribution in [1.82, 2.24) is 0 Å². The van der Waals surface area contributed by atoms with E-state index in [2.05, 4.69) is 4.72 Å². The Labute approximate surface area is 193 Å². The molecule has 0 aliphatic rings. The predicted octanol–water partition coefficient (Wildman–Crippen LogP) is 3.94. The summed E-state index contributed by atoms with van der Waals surface area (Å²) in [6, 6.07) is 19.6. The highest BCUT2D eigenvalue weighted by atomic mass is 32.2. The van der Waals surface area contributed by atoms with Gasteiger partial charge < -0.3 is 19.1 Å². The summed E-state index contributed by atoms with van der Waals surface area (Å²) in [5, 5.41) is 0. The van der Waals surface area contributed by atoms with Gasteiger partial charge >= 0.3 is 0 Å². The number of rotatable bonds is 10. The molecule has 0 saturated carbocycles. The lowest BCUT2D eigenvalue weighted by atomic mass is 10.3. The monoisotopic (exact) mass is 470 g/mol. The van der Waals surface area contributed by atoms with Gasteiger partial charge in [-0.2, -0.15) is 0 Å². The third kappa shape index (κ3) is 6.39. The van der Waals surface area contributed by atoms with E-state index in [4.69, 9.17) is 14.2 Å². The number of nitrogens with one attached hydrogen (secondary N) is 1. The molecule has 0 radical (unpaired) electrons. The van der Waals surface area contributed by atoms with Crippen molar-refractivity contribution in [2.45, 2.75) is 11.8 Å². The molecule has 0 spiro atoms. The Morgan fingerprint density at radius 1 is 0.909 bits per heavy atom. The van der Waals surface area contributed by atoms with E-state index in [9.17, 15) is 13.2 Å². The number of benzene rings is 3. The van der Waals surface area contributed by atoms with E-state index in [0.29, 0.717) is 35.2 Å². The summed E-state index contributed by atoms with van der Waals surface area (Å²) in [5.74, 6) is 1.41. The standard InChI is InChI=1S/C24H26N2O6S/c1-4-31-20-10-8-18(9-11-20)25-33(28,29)23-14-12-21(13-15-23)32-17-24(27)26(2)19-6-5-7-22(16-19)30-3/h5-16,25H,4,17H2,1-3H3. The predicted molar refractivity (Wildman–Crippen MR) is 127 cm³/mol. The fourth-order valence-electron chi connectivity index (χ4n) is 2.92. The van der Waals surface area contributed by atoms with Crippen LogP contribution in [0.2, 0.25) is 0 Å². The average molecular weight is 471 g/mol. The first-order valence-electron chi connectivity index (χ1n) is 10.2. The van der Waals surface area contributed by atoms with Crippen LogP contribution in [-0.2, 0) is 14.8 Å². The lowest BCUT2D eigenvalue weighted by Gasteiger charge is -2.18. The van der Waals surface area contributed by atoms with Crippen LogP contribution in [0.5, 0.6) is 17.2 Å². The Kier molecular flexibility index (Phi) is 7.78. The molecule has 8 nitrogen and oxygen atoms in total. The molecule has 1 N–H and O–H groups in total. The first-order valence-corrected chi connectivity index (χ1v) is 11.7. The van der Waals surface area contributed by atoms with Crippen molar-refractivity contribution in [1.29, 1.82) is 0 Å². The number of methoxy groups -OCH3 is 1. The summed E-state index contributed by atoms with van der Waals surface area (Å²) in [6.07, 6.45) is 0. The van der Waals surface area contributed by atoms with Gasteiger partial charge in [0.1, 0.15) is 17.2 Å². The Balaban J connectivity index is 1.59. The normalized spacial score (nSPS) is 10.9. The Hall–Kier alpha value is -3.72. The molecule has 0 atom stereocenters. The second-order valence-corrected chi connectivity index (χ2v) is 8.66. The number of hydrogen-bond acceptors (Lipinski definition) is 6. The highest BCUT2D eigenvalue weighted by molar-refractivity contribution is 7.92. The van der Waals surface area contributed by atoms with Crippen LogP contribution in [0, 0.1) is 0 Å². The molecule has 0 unspecified atom stereocenters. The van der Waals surface area contributed by atoms with Gasteiger partial charge in [0.05, 0.1) is 18.6 Å². The van der Waals surface area contributed by atoms with Crippen molar-refractivity contribution in [2.75, 3.05) is 37.0 Å². The zero-order valence-corrected chi connectivity index (χ0v) is 19.5. The molecule has 0 saturated heterocycles. The van der Waals surface area contributed by atoms with E-state index in [0.717, 1.165) is 0 Å². The maximum atomic E-state index is 12.6. The fraction of sp³-hybridized carbons (Fsp3) is 0.208. The number of carbonyl (C=O) groups is 1. The maximum Gasteiger partial charge on any atom is 0.264 e. The van der Waals surface area contributed by atoms with E-state index in [1.54, 1.807) is 62.7 Å². The number of likely N-dealkylation sites (N-methyl/N-ethyl adjacent to an activating group) is 1. The van der Waals surface area contributed by atoms with Gasteiger partial charge in [0.2, 0.25) is 0 Å².